The van der Waals surface area contributed by atoms with Gasteiger partial charge in [0.05, 0.1) is 22.2 Å². The van der Waals surface area contributed by atoms with Crippen LogP contribution in [0.15, 0.2) is 23.2 Å². The summed E-state index contributed by atoms with van der Waals surface area (Å²) in [5.41, 5.74) is -3.97. The Morgan fingerprint density at radius 2 is 1.73 bits per heavy atom. The van der Waals surface area contributed by atoms with Gasteiger partial charge in [-0.1, -0.05) is 11.6 Å². The molecular weight excluding hydrogens is 598 g/mol. The third kappa shape index (κ3) is 6.31. The van der Waals surface area contributed by atoms with E-state index < -0.39 is 90.9 Å². The summed E-state index contributed by atoms with van der Waals surface area (Å²) in [5.74, 6) is -3.15. The van der Waals surface area contributed by atoms with Gasteiger partial charge in [-0.3, -0.25) is 9.48 Å². The Hall–Kier alpha value is -3.44. The third-order valence-electron chi connectivity index (χ3n) is 5.33. The monoisotopic (exact) mass is 616 g/mol. The molecule has 18 heteroatoms. The van der Waals surface area contributed by atoms with Gasteiger partial charge >= 0.3 is 12.1 Å². The highest BCUT2D eigenvalue weighted by Gasteiger charge is 2.40. The first-order valence-corrected chi connectivity index (χ1v) is 13.1. The first kappa shape index (κ1) is 31.1. The highest BCUT2D eigenvalue weighted by Crippen LogP contribution is 2.35. The average molecular weight is 617 g/mol. The zero-order valence-electron chi connectivity index (χ0n) is 20.9. The Balaban J connectivity index is 2.08. The van der Waals surface area contributed by atoms with E-state index in [0.29, 0.717) is 0 Å². The molecule has 0 spiro atoms. The number of hydrogen-bond acceptors (Lipinski definition) is 8. The lowest BCUT2D eigenvalue weighted by molar-refractivity contribution is -0.141. The number of carbonyl (C=O) groups excluding carboxylic acids is 2. The van der Waals surface area contributed by atoms with E-state index in [1.807, 2.05) is 0 Å². The molecule has 3 aromatic rings. The maximum atomic E-state index is 13.5. The summed E-state index contributed by atoms with van der Waals surface area (Å²) in [5, 5.41) is 6.55. The second-order valence-electron chi connectivity index (χ2n) is 8.34. The zero-order chi connectivity index (χ0) is 30.3. The second kappa shape index (κ2) is 11.2. The van der Waals surface area contributed by atoms with Crippen LogP contribution in [0.25, 0.3) is 0 Å². The van der Waals surface area contributed by atoms with Crippen LogP contribution >= 0.6 is 11.6 Å². The molecule has 1 aromatic carbocycles. The van der Waals surface area contributed by atoms with Crippen molar-refractivity contribution in [3.8, 4) is 5.88 Å². The molecule has 0 aliphatic carbocycles. The van der Waals surface area contributed by atoms with Crippen LogP contribution < -0.4 is 4.74 Å². The minimum atomic E-state index is -5.01. The molecule has 0 saturated carbocycles. The van der Waals surface area contributed by atoms with Gasteiger partial charge in [-0.05, 0) is 19.1 Å². The van der Waals surface area contributed by atoms with Gasteiger partial charge in [0.15, 0.2) is 15.5 Å². The summed E-state index contributed by atoms with van der Waals surface area (Å²) >= 11 is 6.27. The maximum Gasteiger partial charge on any atom is 0.436 e. The van der Waals surface area contributed by atoms with Crippen LogP contribution in [0, 0.1) is 6.92 Å². The van der Waals surface area contributed by atoms with Crippen LogP contribution in [0.2, 0.25) is 5.02 Å². The number of benzene rings is 1. The summed E-state index contributed by atoms with van der Waals surface area (Å²) in [4.78, 5) is 25.7. The summed E-state index contributed by atoms with van der Waals surface area (Å²) in [6.07, 6.45) is -10.1. The SMILES string of the molecule is Cc1nn(C)c(OC(=O)c2cn(C)nc2C(F)(F)F)c1C(=O)c1ccc(S(C)(=O)=O)c(COC(F)C(F)F)c1Cl. The Bertz CT molecular complexity index is 1580. The van der Waals surface area contributed by atoms with E-state index in [0.717, 1.165) is 41.0 Å². The number of carbonyl (C=O) groups is 2. The molecule has 1 atom stereocenters. The zero-order valence-corrected chi connectivity index (χ0v) is 22.5. The van der Waals surface area contributed by atoms with Crippen LogP contribution in [0.5, 0.6) is 5.88 Å². The first-order valence-electron chi connectivity index (χ1n) is 10.8. The van der Waals surface area contributed by atoms with Gasteiger partial charge in [0.1, 0.15) is 11.1 Å². The quantitative estimate of drug-likeness (QED) is 0.200. The first-order chi connectivity index (χ1) is 18.3. The van der Waals surface area contributed by atoms with Crippen molar-refractivity contribution < 1.29 is 53.8 Å². The molecule has 0 amide bonds. The van der Waals surface area contributed by atoms with Crippen LogP contribution in [-0.2, 0) is 41.5 Å². The van der Waals surface area contributed by atoms with E-state index in [9.17, 15) is 44.3 Å². The number of nitrogens with zero attached hydrogens (tertiary/aromatic N) is 4. The van der Waals surface area contributed by atoms with Gasteiger partial charge in [0.25, 0.3) is 12.8 Å². The highest BCUT2D eigenvalue weighted by molar-refractivity contribution is 7.90. The molecule has 218 valence electrons. The lowest BCUT2D eigenvalue weighted by atomic mass is 10.0. The van der Waals surface area contributed by atoms with Crippen LogP contribution in [0.3, 0.4) is 0 Å². The van der Waals surface area contributed by atoms with Crippen molar-refractivity contribution in [3.05, 3.63) is 57.0 Å². The fourth-order valence-corrected chi connectivity index (χ4v) is 4.92. The fraction of sp³-hybridized carbons (Fsp3) is 0.364. The highest BCUT2D eigenvalue weighted by atomic mass is 35.5. The van der Waals surface area contributed by atoms with Crippen molar-refractivity contribution in [2.75, 3.05) is 6.26 Å². The number of ketones is 1. The Morgan fingerprint density at radius 1 is 1.10 bits per heavy atom. The number of aryl methyl sites for hydroxylation is 3. The topological polar surface area (TPSA) is 122 Å². The molecule has 0 aliphatic rings. The number of alkyl halides is 6. The Morgan fingerprint density at radius 3 is 2.27 bits per heavy atom. The minimum absolute atomic E-state index is 0.0693. The third-order valence-corrected chi connectivity index (χ3v) is 6.95. The molecule has 0 fully saturated rings. The molecular formula is C22H19ClF6N4O6S. The number of ether oxygens (including phenoxy) is 2. The number of sulfone groups is 1. The molecule has 0 aliphatic heterocycles. The van der Waals surface area contributed by atoms with Gasteiger partial charge < -0.3 is 9.47 Å². The Labute approximate surface area is 227 Å². The van der Waals surface area contributed by atoms with Crippen molar-refractivity contribution in [2.45, 2.75) is 37.4 Å². The van der Waals surface area contributed by atoms with Gasteiger partial charge in [0.2, 0.25) is 11.7 Å². The van der Waals surface area contributed by atoms with Crippen molar-refractivity contribution in [1.82, 2.24) is 19.6 Å². The molecule has 2 heterocycles. The molecule has 3 rings (SSSR count). The van der Waals surface area contributed by atoms with Crippen LogP contribution in [0.1, 0.15) is 43.2 Å². The minimum Gasteiger partial charge on any atom is -0.403 e. The summed E-state index contributed by atoms with van der Waals surface area (Å²) in [6.45, 7) is 0.234. The Kier molecular flexibility index (Phi) is 8.71. The summed E-state index contributed by atoms with van der Waals surface area (Å²) in [6, 6.07) is 1.87. The number of rotatable bonds is 9. The smallest absolute Gasteiger partial charge is 0.403 e. The molecule has 40 heavy (non-hydrogen) atoms. The number of aromatic nitrogens is 4. The van der Waals surface area contributed by atoms with Gasteiger partial charge in [0, 0.05) is 37.7 Å². The van der Waals surface area contributed by atoms with Gasteiger partial charge in [-0.25, -0.2) is 31.1 Å². The predicted molar refractivity (Wildman–Crippen MR) is 125 cm³/mol. The van der Waals surface area contributed by atoms with Gasteiger partial charge in [-0.15, -0.1) is 0 Å². The largest absolute Gasteiger partial charge is 0.436 e. The molecule has 0 saturated heterocycles. The van der Waals surface area contributed by atoms with Crippen molar-refractivity contribution in [2.24, 2.45) is 14.1 Å². The van der Waals surface area contributed by atoms with E-state index in [-0.39, 0.29) is 5.69 Å². The standard InChI is InChI=1S/C22H19ClF6N4O6S/c1-9-14(20(33(3)30-9)39-21(35)11-7-32(2)31-17(11)22(27,28)29)16(34)10-5-6-13(40(4,36)37)12(15(10)23)8-38-19(26)18(24)25/h5-7,18-19H,8H2,1-4H3. The average Bonchev–Trinajstić information content (AvgIpc) is 3.35. The van der Waals surface area contributed by atoms with E-state index >= 15 is 0 Å². The second-order valence-corrected chi connectivity index (χ2v) is 10.7. The lowest BCUT2D eigenvalue weighted by Crippen LogP contribution is -2.19. The summed E-state index contributed by atoms with van der Waals surface area (Å²) in [7, 11) is -1.71. The van der Waals surface area contributed by atoms with Crippen molar-refractivity contribution in [3.63, 3.8) is 0 Å². The van der Waals surface area contributed by atoms with Crippen LogP contribution in [-0.4, -0.2) is 58.8 Å². The molecule has 1 unspecified atom stereocenters. The predicted octanol–water partition coefficient (Wildman–Crippen LogP) is 4.07. The number of esters is 1. The van der Waals surface area contributed by atoms with E-state index in [2.05, 4.69) is 14.9 Å². The molecule has 0 N–H and O–H groups in total. The van der Waals surface area contributed by atoms with E-state index in [1.165, 1.54) is 14.0 Å². The van der Waals surface area contributed by atoms with Gasteiger partial charge in [-0.2, -0.15) is 23.4 Å². The summed E-state index contributed by atoms with van der Waals surface area (Å²) < 4.78 is 114. The maximum absolute atomic E-state index is 13.5. The van der Waals surface area contributed by atoms with Crippen LogP contribution in [0.4, 0.5) is 26.3 Å². The normalized spacial score (nSPS) is 13.1. The van der Waals surface area contributed by atoms with Crippen molar-refractivity contribution >= 4 is 33.2 Å². The van der Waals surface area contributed by atoms with Crippen molar-refractivity contribution in [1.29, 1.82) is 0 Å². The number of halogens is 7. The molecule has 0 radical (unpaired) electrons. The van der Waals surface area contributed by atoms with E-state index in [4.69, 9.17) is 16.3 Å². The van der Waals surface area contributed by atoms with E-state index in [1.54, 1.807) is 0 Å². The molecule has 0 bridgehead atoms. The molecule has 10 nitrogen and oxygen atoms in total. The number of hydrogen-bond donors (Lipinski definition) is 0. The fourth-order valence-electron chi connectivity index (χ4n) is 3.64. The molecule has 2 aromatic heterocycles. The lowest BCUT2D eigenvalue weighted by Gasteiger charge is -2.16.